The molecule has 182 valence electrons. The van der Waals surface area contributed by atoms with Crippen molar-refractivity contribution in [2.45, 2.75) is 71.3 Å². The Bertz CT molecular complexity index is 771. The van der Waals surface area contributed by atoms with E-state index < -0.39 is 0 Å². The molecule has 0 bridgehead atoms. The highest BCUT2D eigenvalue weighted by molar-refractivity contribution is 5.69. The Hall–Kier alpha value is -2.33. The maximum Gasteiger partial charge on any atom is 0.311 e. The van der Waals surface area contributed by atoms with Gasteiger partial charge in [-0.2, -0.15) is 0 Å². The first-order valence-corrected chi connectivity index (χ1v) is 12.7. The number of esters is 1. The van der Waals surface area contributed by atoms with Gasteiger partial charge in [0.1, 0.15) is 12.3 Å². The molecule has 0 saturated heterocycles. The Balaban J connectivity index is 1.52. The molecule has 2 aromatic carbocycles. The van der Waals surface area contributed by atoms with Crippen molar-refractivity contribution in [2.75, 3.05) is 33.9 Å². The van der Waals surface area contributed by atoms with Crippen molar-refractivity contribution in [3.05, 3.63) is 65.7 Å². The zero-order chi connectivity index (χ0) is 23.8. The summed E-state index contributed by atoms with van der Waals surface area (Å²) in [5.41, 5.74) is 2.66. The van der Waals surface area contributed by atoms with Crippen LogP contribution < -0.4 is 4.74 Å². The van der Waals surface area contributed by atoms with Gasteiger partial charge in [-0.1, -0.05) is 81.5 Å². The fourth-order valence-electron chi connectivity index (χ4n) is 3.92. The highest BCUT2D eigenvalue weighted by atomic mass is 16.5. The van der Waals surface area contributed by atoms with Gasteiger partial charge in [-0.15, -0.1) is 0 Å². The Morgan fingerprint density at radius 3 is 2.21 bits per heavy atom. The van der Waals surface area contributed by atoms with Crippen molar-refractivity contribution in [3.63, 3.8) is 0 Å². The van der Waals surface area contributed by atoms with E-state index in [9.17, 15) is 4.79 Å². The Kier molecular flexibility index (Phi) is 12.6. The SMILES string of the molecule is CCCCCCCCc1ccc(OCCCOC(=O)CC[N+](C)(C)Cc2ccccc2)cc1. The molecule has 0 aliphatic carbocycles. The Morgan fingerprint density at radius 2 is 1.48 bits per heavy atom. The van der Waals surface area contributed by atoms with Crippen LogP contribution in [0, 0.1) is 0 Å². The summed E-state index contributed by atoms with van der Waals surface area (Å²) in [6.45, 7) is 4.88. The minimum atomic E-state index is -0.131. The lowest BCUT2D eigenvalue weighted by atomic mass is 10.0. The molecule has 0 fully saturated rings. The highest BCUT2D eigenvalue weighted by Crippen LogP contribution is 2.15. The number of ether oxygens (including phenoxy) is 2. The molecule has 33 heavy (non-hydrogen) atoms. The van der Waals surface area contributed by atoms with Gasteiger partial charge in [0.15, 0.2) is 0 Å². The van der Waals surface area contributed by atoms with Crippen LogP contribution in [-0.2, 0) is 22.5 Å². The van der Waals surface area contributed by atoms with E-state index in [1.807, 2.05) is 18.2 Å². The largest absolute Gasteiger partial charge is 0.493 e. The zero-order valence-corrected chi connectivity index (χ0v) is 21.1. The fourth-order valence-corrected chi connectivity index (χ4v) is 3.92. The minimum absolute atomic E-state index is 0.131. The number of quaternary nitrogens is 1. The van der Waals surface area contributed by atoms with E-state index in [2.05, 4.69) is 57.4 Å². The maximum atomic E-state index is 12.1. The van der Waals surface area contributed by atoms with Gasteiger partial charge in [0.05, 0.1) is 40.3 Å². The first kappa shape index (κ1) is 26.9. The van der Waals surface area contributed by atoms with Crippen LogP contribution in [0.2, 0.25) is 0 Å². The van der Waals surface area contributed by atoms with Crippen molar-refractivity contribution in [1.29, 1.82) is 0 Å². The molecule has 0 amide bonds. The van der Waals surface area contributed by atoms with Crippen molar-refractivity contribution in [1.82, 2.24) is 0 Å². The zero-order valence-electron chi connectivity index (χ0n) is 21.1. The van der Waals surface area contributed by atoms with Crippen molar-refractivity contribution in [3.8, 4) is 5.75 Å². The van der Waals surface area contributed by atoms with E-state index >= 15 is 0 Å². The number of aryl methyl sites for hydroxylation is 1. The van der Waals surface area contributed by atoms with Crippen molar-refractivity contribution in [2.24, 2.45) is 0 Å². The van der Waals surface area contributed by atoms with E-state index in [-0.39, 0.29) is 5.97 Å². The first-order chi connectivity index (χ1) is 16.0. The fraction of sp³-hybridized carbons (Fsp3) is 0.552. The second kappa shape index (κ2) is 15.5. The molecule has 0 unspecified atom stereocenters. The average molecular weight is 455 g/mol. The molecule has 0 aliphatic rings. The van der Waals surface area contributed by atoms with E-state index in [1.165, 1.54) is 49.7 Å². The van der Waals surface area contributed by atoms with E-state index in [0.717, 1.165) is 29.7 Å². The molecule has 0 radical (unpaired) electrons. The van der Waals surface area contributed by atoms with Crippen LogP contribution >= 0.6 is 0 Å². The number of unbranched alkanes of at least 4 members (excludes halogenated alkanes) is 5. The molecule has 0 saturated carbocycles. The second-order valence-electron chi connectivity index (χ2n) is 9.64. The van der Waals surface area contributed by atoms with Gasteiger partial charge in [0.25, 0.3) is 0 Å². The molecule has 4 heteroatoms. The van der Waals surface area contributed by atoms with Crippen LogP contribution in [0.15, 0.2) is 54.6 Å². The van der Waals surface area contributed by atoms with Gasteiger partial charge < -0.3 is 14.0 Å². The smallest absolute Gasteiger partial charge is 0.311 e. The predicted molar refractivity (Wildman–Crippen MR) is 136 cm³/mol. The summed E-state index contributed by atoms with van der Waals surface area (Å²) < 4.78 is 12.0. The van der Waals surface area contributed by atoms with Crippen LogP contribution in [0.4, 0.5) is 0 Å². The van der Waals surface area contributed by atoms with Crippen molar-refractivity contribution < 1.29 is 18.8 Å². The van der Waals surface area contributed by atoms with Gasteiger partial charge in [-0.05, 0) is 30.5 Å². The lowest BCUT2D eigenvalue weighted by Crippen LogP contribution is -2.40. The topological polar surface area (TPSA) is 35.5 Å². The minimum Gasteiger partial charge on any atom is -0.493 e. The van der Waals surface area contributed by atoms with Crippen LogP contribution in [0.5, 0.6) is 5.75 Å². The molecule has 2 rings (SSSR count). The standard InChI is InChI=1S/C29H44NO3/c1-4-5-6-7-8-10-14-26-17-19-28(20-18-26)32-23-13-24-33-29(31)21-22-30(2,3)25-27-15-11-9-12-16-27/h9,11-12,15-20H,4-8,10,13-14,21-25H2,1-3H3/q+1. The summed E-state index contributed by atoms with van der Waals surface area (Å²) in [7, 11) is 4.29. The first-order valence-electron chi connectivity index (χ1n) is 12.7. The Labute approximate surface area is 201 Å². The third-order valence-corrected chi connectivity index (χ3v) is 5.94. The maximum absolute atomic E-state index is 12.1. The van der Waals surface area contributed by atoms with Crippen LogP contribution in [0.25, 0.3) is 0 Å². The lowest BCUT2D eigenvalue weighted by Gasteiger charge is -2.29. The third kappa shape index (κ3) is 12.5. The van der Waals surface area contributed by atoms with Gasteiger partial charge in [0.2, 0.25) is 0 Å². The molecule has 0 atom stereocenters. The number of carbonyl (C=O) groups is 1. The van der Waals surface area contributed by atoms with E-state index in [1.54, 1.807) is 0 Å². The number of hydrogen-bond donors (Lipinski definition) is 0. The molecule has 0 aliphatic heterocycles. The van der Waals surface area contributed by atoms with Crippen LogP contribution in [0.1, 0.15) is 69.4 Å². The number of hydrogen-bond acceptors (Lipinski definition) is 3. The van der Waals surface area contributed by atoms with Gasteiger partial charge in [-0.25, -0.2) is 0 Å². The molecule has 0 aromatic heterocycles. The molecular formula is C29H44NO3+. The quantitative estimate of drug-likeness (QED) is 0.154. The number of rotatable bonds is 17. The van der Waals surface area contributed by atoms with Crippen LogP contribution in [0.3, 0.4) is 0 Å². The van der Waals surface area contributed by atoms with E-state index in [0.29, 0.717) is 26.1 Å². The average Bonchev–Trinajstić information content (AvgIpc) is 2.81. The summed E-state index contributed by atoms with van der Waals surface area (Å²) in [5, 5.41) is 0. The molecule has 0 spiro atoms. The van der Waals surface area contributed by atoms with Crippen LogP contribution in [-0.4, -0.2) is 44.3 Å². The van der Waals surface area contributed by atoms with Gasteiger partial charge in [0, 0.05) is 12.0 Å². The summed E-state index contributed by atoms with van der Waals surface area (Å²) in [5.74, 6) is 0.751. The highest BCUT2D eigenvalue weighted by Gasteiger charge is 2.18. The summed E-state index contributed by atoms with van der Waals surface area (Å²) in [6, 6.07) is 18.8. The van der Waals surface area contributed by atoms with E-state index in [4.69, 9.17) is 9.47 Å². The molecule has 0 N–H and O–H groups in total. The molecule has 4 nitrogen and oxygen atoms in total. The second-order valence-corrected chi connectivity index (χ2v) is 9.64. The van der Waals surface area contributed by atoms with Gasteiger partial charge >= 0.3 is 5.97 Å². The number of benzene rings is 2. The van der Waals surface area contributed by atoms with Gasteiger partial charge in [-0.3, -0.25) is 4.79 Å². The number of carbonyl (C=O) groups excluding carboxylic acids is 1. The molecular weight excluding hydrogens is 410 g/mol. The monoisotopic (exact) mass is 454 g/mol. The summed E-state index contributed by atoms with van der Waals surface area (Å²) in [4.78, 5) is 12.1. The van der Waals surface area contributed by atoms with Crippen molar-refractivity contribution >= 4 is 5.97 Å². The predicted octanol–water partition coefficient (Wildman–Crippen LogP) is 6.57. The summed E-state index contributed by atoms with van der Waals surface area (Å²) in [6.07, 6.45) is 10.2. The Morgan fingerprint density at radius 1 is 0.788 bits per heavy atom. The lowest BCUT2D eigenvalue weighted by molar-refractivity contribution is -0.903. The molecule has 0 heterocycles. The molecule has 2 aromatic rings. The summed E-state index contributed by atoms with van der Waals surface area (Å²) >= 11 is 0. The normalized spacial score (nSPS) is 11.4. The number of nitrogens with zero attached hydrogens (tertiary/aromatic N) is 1. The third-order valence-electron chi connectivity index (χ3n) is 5.94.